The Morgan fingerprint density at radius 2 is 1.59 bits per heavy atom. The highest BCUT2D eigenvalue weighted by atomic mass is 35.5. The van der Waals surface area contributed by atoms with Crippen LogP contribution < -0.4 is 9.47 Å². The number of rotatable bonds is 4. The second-order valence-electron chi connectivity index (χ2n) is 5.55. The van der Waals surface area contributed by atoms with Gasteiger partial charge in [0.05, 0.1) is 19.6 Å². The molecule has 22 heavy (non-hydrogen) atoms. The molecule has 0 aromatic heterocycles. The van der Waals surface area contributed by atoms with E-state index in [1.807, 2.05) is 30.3 Å². The van der Waals surface area contributed by atoms with Gasteiger partial charge < -0.3 is 9.47 Å². The Hall–Kier alpha value is -2.00. The average Bonchev–Trinajstić information content (AvgIpc) is 2.95. The summed E-state index contributed by atoms with van der Waals surface area (Å²) in [7, 11) is 3.17. The van der Waals surface area contributed by atoms with Crippen LogP contribution in [0.3, 0.4) is 0 Å². The molecule has 0 fully saturated rings. The predicted octanol–water partition coefficient (Wildman–Crippen LogP) is 3.51. The zero-order chi connectivity index (χ0) is 15.7. The fourth-order valence-electron chi connectivity index (χ4n) is 3.21. The monoisotopic (exact) mass is 316 g/mol. The summed E-state index contributed by atoms with van der Waals surface area (Å²) in [4.78, 5) is 12.3. The lowest BCUT2D eigenvalue weighted by molar-refractivity contribution is -0.116. The van der Waals surface area contributed by atoms with Crippen LogP contribution in [0.2, 0.25) is 0 Å². The summed E-state index contributed by atoms with van der Waals surface area (Å²) in [6.45, 7) is 0. The minimum Gasteiger partial charge on any atom is -0.493 e. The summed E-state index contributed by atoms with van der Waals surface area (Å²) in [5.41, 5.74) is 2.48. The van der Waals surface area contributed by atoms with E-state index in [1.165, 1.54) is 11.1 Å². The zero-order valence-corrected chi connectivity index (χ0v) is 13.3. The second-order valence-corrected chi connectivity index (χ2v) is 5.89. The molecule has 0 N–H and O–H groups in total. The number of carbonyl (C=O) groups excluding carboxylic acids is 1. The summed E-state index contributed by atoms with van der Waals surface area (Å²) < 4.78 is 10.6. The molecule has 0 spiro atoms. The van der Waals surface area contributed by atoms with E-state index in [1.54, 1.807) is 14.2 Å². The topological polar surface area (TPSA) is 35.5 Å². The molecule has 1 aliphatic rings. The maximum Gasteiger partial charge on any atom is 0.232 e. The highest BCUT2D eigenvalue weighted by molar-refractivity contribution is 6.65. The Bertz CT molecular complexity index is 699. The lowest BCUT2D eigenvalue weighted by Gasteiger charge is -2.26. The quantitative estimate of drug-likeness (QED) is 0.810. The maximum absolute atomic E-state index is 12.3. The second kappa shape index (κ2) is 5.65. The first-order valence-corrected chi connectivity index (χ1v) is 7.48. The van der Waals surface area contributed by atoms with Gasteiger partial charge in [0.2, 0.25) is 5.24 Å². The molecule has 0 atom stereocenters. The van der Waals surface area contributed by atoms with E-state index in [9.17, 15) is 4.79 Å². The van der Waals surface area contributed by atoms with Gasteiger partial charge >= 0.3 is 0 Å². The molecule has 3 rings (SSSR count). The van der Waals surface area contributed by atoms with Crippen molar-refractivity contribution < 1.29 is 14.3 Å². The molecule has 0 saturated heterocycles. The molecular formula is C18H17ClO3. The van der Waals surface area contributed by atoms with E-state index >= 15 is 0 Å². The molecule has 2 aromatic rings. The number of hydrogen-bond donors (Lipinski definition) is 0. The van der Waals surface area contributed by atoms with Crippen LogP contribution in [0.4, 0.5) is 0 Å². The highest BCUT2D eigenvalue weighted by Gasteiger charge is 2.44. The standard InChI is InChI=1S/C18H17ClO3/c1-21-15-8-7-14(9-16(15)22-2)18(17(19)20)10-12-5-3-4-6-13(12)11-18/h3-9H,10-11H2,1-2H3. The Morgan fingerprint density at radius 3 is 2.09 bits per heavy atom. The van der Waals surface area contributed by atoms with Gasteiger partial charge in [-0.3, -0.25) is 4.79 Å². The Balaban J connectivity index is 2.09. The molecule has 114 valence electrons. The Kier molecular flexibility index (Phi) is 3.83. The zero-order valence-electron chi connectivity index (χ0n) is 12.6. The number of benzene rings is 2. The molecule has 0 saturated carbocycles. The summed E-state index contributed by atoms with van der Waals surface area (Å²) in [6.07, 6.45) is 1.22. The van der Waals surface area contributed by atoms with Crippen molar-refractivity contribution >= 4 is 16.8 Å². The van der Waals surface area contributed by atoms with Crippen LogP contribution in [-0.2, 0) is 23.1 Å². The smallest absolute Gasteiger partial charge is 0.232 e. The molecule has 4 heteroatoms. The Morgan fingerprint density at radius 1 is 1.00 bits per heavy atom. The minimum absolute atomic E-state index is 0.337. The Labute approximate surface area is 134 Å². The molecule has 0 radical (unpaired) electrons. The van der Waals surface area contributed by atoms with Crippen molar-refractivity contribution in [3.05, 3.63) is 59.2 Å². The van der Waals surface area contributed by atoms with Crippen molar-refractivity contribution in [1.29, 1.82) is 0 Å². The van der Waals surface area contributed by atoms with Gasteiger partial charge in [-0.2, -0.15) is 0 Å². The van der Waals surface area contributed by atoms with Gasteiger partial charge in [0, 0.05) is 0 Å². The lowest BCUT2D eigenvalue weighted by Crippen LogP contribution is -2.33. The number of hydrogen-bond acceptors (Lipinski definition) is 3. The van der Waals surface area contributed by atoms with E-state index in [4.69, 9.17) is 21.1 Å². The third kappa shape index (κ3) is 2.26. The number of ether oxygens (including phenoxy) is 2. The predicted molar refractivity (Wildman–Crippen MR) is 85.9 cm³/mol. The first-order chi connectivity index (χ1) is 10.6. The van der Waals surface area contributed by atoms with Crippen LogP contribution in [0, 0.1) is 0 Å². The van der Waals surface area contributed by atoms with Crippen molar-refractivity contribution in [3.8, 4) is 11.5 Å². The number of methoxy groups -OCH3 is 2. The van der Waals surface area contributed by atoms with Crippen LogP contribution in [-0.4, -0.2) is 19.5 Å². The number of carbonyl (C=O) groups is 1. The molecule has 0 aliphatic heterocycles. The van der Waals surface area contributed by atoms with E-state index in [0.717, 1.165) is 5.56 Å². The highest BCUT2D eigenvalue weighted by Crippen LogP contribution is 2.43. The molecule has 0 bridgehead atoms. The summed E-state index contributed by atoms with van der Waals surface area (Å²) in [6, 6.07) is 13.6. The average molecular weight is 317 g/mol. The van der Waals surface area contributed by atoms with Crippen molar-refractivity contribution in [2.75, 3.05) is 14.2 Å². The molecule has 0 heterocycles. The third-order valence-corrected chi connectivity index (χ3v) is 4.78. The van der Waals surface area contributed by atoms with Gasteiger partial charge in [0.15, 0.2) is 11.5 Å². The number of halogens is 1. The van der Waals surface area contributed by atoms with Crippen LogP contribution in [0.25, 0.3) is 0 Å². The minimum atomic E-state index is -0.731. The molecule has 3 nitrogen and oxygen atoms in total. The van der Waals surface area contributed by atoms with E-state index in [-0.39, 0.29) is 5.24 Å². The van der Waals surface area contributed by atoms with Crippen molar-refractivity contribution in [3.63, 3.8) is 0 Å². The van der Waals surface area contributed by atoms with Gasteiger partial charge in [-0.25, -0.2) is 0 Å². The summed E-state index contributed by atoms with van der Waals surface area (Å²) >= 11 is 6.02. The summed E-state index contributed by atoms with van der Waals surface area (Å²) in [5.74, 6) is 1.24. The van der Waals surface area contributed by atoms with E-state index in [0.29, 0.717) is 24.3 Å². The third-order valence-electron chi connectivity index (χ3n) is 4.42. The fraction of sp³-hybridized carbons (Fsp3) is 0.278. The van der Waals surface area contributed by atoms with E-state index < -0.39 is 5.41 Å². The van der Waals surface area contributed by atoms with E-state index in [2.05, 4.69) is 12.1 Å². The molecule has 0 unspecified atom stereocenters. The van der Waals surface area contributed by atoms with Gasteiger partial charge in [0.1, 0.15) is 0 Å². The van der Waals surface area contributed by atoms with Crippen molar-refractivity contribution in [2.24, 2.45) is 0 Å². The fourth-order valence-corrected chi connectivity index (χ4v) is 3.45. The van der Waals surface area contributed by atoms with Gasteiger partial charge in [0.25, 0.3) is 0 Å². The molecule has 2 aromatic carbocycles. The lowest BCUT2D eigenvalue weighted by atomic mass is 9.79. The molecular weight excluding hydrogens is 300 g/mol. The van der Waals surface area contributed by atoms with Crippen LogP contribution >= 0.6 is 11.6 Å². The first kappa shape index (κ1) is 14.9. The first-order valence-electron chi connectivity index (χ1n) is 7.10. The maximum atomic E-state index is 12.3. The molecule has 1 aliphatic carbocycles. The van der Waals surface area contributed by atoms with Crippen LogP contribution in [0.15, 0.2) is 42.5 Å². The van der Waals surface area contributed by atoms with Gasteiger partial charge in [-0.1, -0.05) is 30.3 Å². The van der Waals surface area contributed by atoms with Crippen molar-refractivity contribution in [1.82, 2.24) is 0 Å². The SMILES string of the molecule is COc1ccc(C2(C(=O)Cl)Cc3ccccc3C2)cc1OC. The van der Waals surface area contributed by atoms with Crippen LogP contribution in [0.5, 0.6) is 11.5 Å². The van der Waals surface area contributed by atoms with Crippen molar-refractivity contribution in [2.45, 2.75) is 18.3 Å². The van der Waals surface area contributed by atoms with Crippen LogP contribution in [0.1, 0.15) is 16.7 Å². The summed E-state index contributed by atoms with van der Waals surface area (Å²) in [5, 5.41) is -0.337. The largest absolute Gasteiger partial charge is 0.493 e. The number of fused-ring (bicyclic) bond motifs is 1. The van der Waals surface area contributed by atoms with Gasteiger partial charge in [-0.05, 0) is 53.3 Å². The van der Waals surface area contributed by atoms with Gasteiger partial charge in [-0.15, -0.1) is 0 Å². The normalized spacial score (nSPS) is 15.2. The molecule has 0 amide bonds.